The second-order valence-electron chi connectivity index (χ2n) is 3.29. The Bertz CT molecular complexity index is 285. The topological polar surface area (TPSA) is 122 Å². The van der Waals surface area contributed by atoms with Gasteiger partial charge in [0.2, 0.25) is 5.91 Å². The third kappa shape index (κ3) is 8.38. The number of amides is 3. The highest BCUT2D eigenvalue weighted by molar-refractivity contribution is 7.98. The molecule has 0 aliphatic rings. The second kappa shape index (κ2) is 8.68. The van der Waals surface area contributed by atoms with Gasteiger partial charge in [0.25, 0.3) is 0 Å². The molecule has 0 rings (SSSR count). The summed E-state index contributed by atoms with van der Waals surface area (Å²) in [4.78, 5) is 32.6. The van der Waals surface area contributed by atoms with Gasteiger partial charge in [-0.3, -0.25) is 4.79 Å². The molecule has 0 aliphatic heterocycles. The Balaban J connectivity index is 4.02. The largest absolute Gasteiger partial charge is 0.480 e. The lowest BCUT2D eigenvalue weighted by molar-refractivity contribution is -0.139. The molecular weight excluding hydrogens is 246 g/mol. The van der Waals surface area contributed by atoms with E-state index in [4.69, 9.17) is 10.8 Å². The molecule has 0 aliphatic carbocycles. The molecule has 0 aromatic carbocycles. The average Bonchev–Trinajstić information content (AvgIpc) is 2.23. The van der Waals surface area contributed by atoms with Gasteiger partial charge in [-0.15, -0.1) is 0 Å². The molecule has 98 valence electrons. The van der Waals surface area contributed by atoms with Gasteiger partial charge in [-0.1, -0.05) is 0 Å². The van der Waals surface area contributed by atoms with Crippen molar-refractivity contribution >= 4 is 29.7 Å². The number of nitrogens with one attached hydrogen (secondary N) is 2. The van der Waals surface area contributed by atoms with Gasteiger partial charge in [0.05, 0.1) is 0 Å². The van der Waals surface area contributed by atoms with E-state index in [-0.39, 0.29) is 12.8 Å². The van der Waals surface area contributed by atoms with E-state index in [9.17, 15) is 14.4 Å². The van der Waals surface area contributed by atoms with Crippen LogP contribution >= 0.6 is 11.8 Å². The fourth-order valence-electron chi connectivity index (χ4n) is 1.02. The number of aliphatic carboxylic acids is 1. The number of hydrogen-bond acceptors (Lipinski definition) is 4. The highest BCUT2D eigenvalue weighted by Crippen LogP contribution is 1.97. The zero-order valence-electron chi connectivity index (χ0n) is 9.56. The minimum Gasteiger partial charge on any atom is -0.480 e. The molecule has 0 unspecified atom stereocenters. The highest BCUT2D eigenvalue weighted by atomic mass is 32.2. The van der Waals surface area contributed by atoms with Crippen molar-refractivity contribution in [2.24, 2.45) is 5.73 Å². The van der Waals surface area contributed by atoms with Gasteiger partial charge in [0.1, 0.15) is 6.04 Å². The third-order valence-electron chi connectivity index (χ3n) is 1.87. The first kappa shape index (κ1) is 15.6. The Morgan fingerprint density at radius 3 is 2.53 bits per heavy atom. The van der Waals surface area contributed by atoms with Gasteiger partial charge >= 0.3 is 12.0 Å². The summed E-state index contributed by atoms with van der Waals surface area (Å²) in [5.41, 5.74) is 4.91. The maximum atomic E-state index is 11.3. The predicted octanol–water partition coefficient (Wildman–Crippen LogP) is -0.633. The smallest absolute Gasteiger partial charge is 0.326 e. The van der Waals surface area contributed by atoms with E-state index in [2.05, 4.69) is 10.6 Å². The standard InChI is InChI=1S/C9H17N3O4S/c1-17-5-4-11-9(16)12-6(8(14)15)2-3-7(10)13/h6H,2-5H2,1H3,(H2,10,13)(H,14,15)(H2,11,12,16)/t6-/m1/s1. The van der Waals surface area contributed by atoms with Crippen molar-refractivity contribution < 1.29 is 19.5 Å². The summed E-state index contributed by atoms with van der Waals surface area (Å²) < 4.78 is 0. The van der Waals surface area contributed by atoms with Gasteiger partial charge in [0.15, 0.2) is 0 Å². The summed E-state index contributed by atoms with van der Waals surface area (Å²) in [5.74, 6) is -1.04. The first-order valence-corrected chi connectivity index (χ1v) is 6.41. The molecule has 0 spiro atoms. The fourth-order valence-corrected chi connectivity index (χ4v) is 1.33. The summed E-state index contributed by atoms with van der Waals surface area (Å²) >= 11 is 1.56. The molecule has 0 radical (unpaired) electrons. The van der Waals surface area contributed by atoms with Crippen LogP contribution in [0.4, 0.5) is 4.79 Å². The number of nitrogens with two attached hydrogens (primary N) is 1. The van der Waals surface area contributed by atoms with Gasteiger partial charge in [-0.2, -0.15) is 11.8 Å². The molecule has 0 saturated heterocycles. The number of carbonyl (C=O) groups is 3. The Kier molecular flexibility index (Phi) is 7.95. The van der Waals surface area contributed by atoms with Crippen molar-refractivity contribution in [1.82, 2.24) is 10.6 Å². The third-order valence-corrected chi connectivity index (χ3v) is 2.49. The number of thioether (sulfide) groups is 1. The molecule has 0 aromatic rings. The van der Waals surface area contributed by atoms with Crippen molar-refractivity contribution in [3.63, 3.8) is 0 Å². The molecule has 3 amide bonds. The van der Waals surface area contributed by atoms with E-state index < -0.39 is 23.9 Å². The molecule has 0 bridgehead atoms. The lowest BCUT2D eigenvalue weighted by Crippen LogP contribution is -2.46. The lowest BCUT2D eigenvalue weighted by Gasteiger charge is -2.14. The highest BCUT2D eigenvalue weighted by Gasteiger charge is 2.19. The quantitative estimate of drug-likeness (QED) is 0.434. The van der Waals surface area contributed by atoms with Crippen LogP contribution in [0.5, 0.6) is 0 Å². The Hall–Kier alpha value is -1.44. The van der Waals surface area contributed by atoms with Crippen LogP contribution in [0.1, 0.15) is 12.8 Å². The number of carboxylic acids is 1. The summed E-state index contributed by atoms with van der Waals surface area (Å²) in [6, 6.07) is -1.66. The number of carbonyl (C=O) groups excluding carboxylic acids is 2. The molecule has 5 N–H and O–H groups in total. The SMILES string of the molecule is CSCCNC(=O)N[C@H](CCC(N)=O)C(=O)O. The van der Waals surface area contributed by atoms with Gasteiger partial charge < -0.3 is 21.5 Å². The van der Waals surface area contributed by atoms with Crippen molar-refractivity contribution in [2.45, 2.75) is 18.9 Å². The number of primary amides is 1. The first-order valence-electron chi connectivity index (χ1n) is 5.01. The van der Waals surface area contributed by atoms with Gasteiger partial charge in [0, 0.05) is 18.7 Å². The molecule has 17 heavy (non-hydrogen) atoms. The van der Waals surface area contributed by atoms with Crippen molar-refractivity contribution in [1.29, 1.82) is 0 Å². The number of urea groups is 1. The van der Waals surface area contributed by atoms with Crippen LogP contribution in [0, 0.1) is 0 Å². The van der Waals surface area contributed by atoms with E-state index in [0.717, 1.165) is 5.75 Å². The number of rotatable bonds is 8. The molecule has 1 atom stereocenters. The van der Waals surface area contributed by atoms with Crippen LogP contribution < -0.4 is 16.4 Å². The maximum absolute atomic E-state index is 11.3. The summed E-state index contributed by atoms with van der Waals surface area (Å²) in [6.07, 6.45) is 1.80. The monoisotopic (exact) mass is 263 g/mol. The molecule has 0 aromatic heterocycles. The van der Waals surface area contributed by atoms with Crippen molar-refractivity contribution in [3.8, 4) is 0 Å². The van der Waals surface area contributed by atoms with E-state index in [1.54, 1.807) is 11.8 Å². The zero-order chi connectivity index (χ0) is 13.3. The lowest BCUT2D eigenvalue weighted by atomic mass is 10.1. The first-order chi connectivity index (χ1) is 7.97. The van der Waals surface area contributed by atoms with Gasteiger partial charge in [-0.25, -0.2) is 9.59 Å². The number of carboxylic acid groups (broad SMARTS) is 1. The predicted molar refractivity (Wildman–Crippen MR) is 64.8 cm³/mol. The normalized spacial score (nSPS) is 11.6. The van der Waals surface area contributed by atoms with Crippen LogP contribution in [-0.2, 0) is 9.59 Å². The van der Waals surface area contributed by atoms with Crippen molar-refractivity contribution in [2.75, 3.05) is 18.6 Å². The van der Waals surface area contributed by atoms with E-state index in [1.807, 2.05) is 6.26 Å². The molecular formula is C9H17N3O4S. The van der Waals surface area contributed by atoms with E-state index in [0.29, 0.717) is 6.54 Å². The second-order valence-corrected chi connectivity index (χ2v) is 4.27. The fraction of sp³-hybridized carbons (Fsp3) is 0.667. The Morgan fingerprint density at radius 1 is 1.41 bits per heavy atom. The number of hydrogen-bond donors (Lipinski definition) is 4. The van der Waals surface area contributed by atoms with Crippen LogP contribution in [0.3, 0.4) is 0 Å². The summed E-state index contributed by atoms with van der Waals surface area (Å²) in [5, 5.41) is 13.6. The molecule has 7 nitrogen and oxygen atoms in total. The Labute approximate surface area is 104 Å². The van der Waals surface area contributed by atoms with Crippen LogP contribution in [0.25, 0.3) is 0 Å². The summed E-state index contributed by atoms with van der Waals surface area (Å²) in [7, 11) is 0. The molecule has 0 fully saturated rings. The molecule has 0 saturated carbocycles. The zero-order valence-corrected chi connectivity index (χ0v) is 10.4. The van der Waals surface area contributed by atoms with E-state index >= 15 is 0 Å². The molecule has 8 heteroatoms. The van der Waals surface area contributed by atoms with Gasteiger partial charge in [-0.05, 0) is 12.7 Å². The minimum absolute atomic E-state index is 0.0133. The van der Waals surface area contributed by atoms with Crippen molar-refractivity contribution in [3.05, 3.63) is 0 Å². The Morgan fingerprint density at radius 2 is 2.06 bits per heavy atom. The molecule has 0 heterocycles. The van der Waals surface area contributed by atoms with E-state index in [1.165, 1.54) is 0 Å². The summed E-state index contributed by atoms with van der Waals surface area (Å²) in [6.45, 7) is 0.454. The maximum Gasteiger partial charge on any atom is 0.326 e. The van der Waals surface area contributed by atoms with Crippen LogP contribution in [0.2, 0.25) is 0 Å². The van der Waals surface area contributed by atoms with Crippen LogP contribution in [-0.4, -0.2) is 47.6 Å². The van der Waals surface area contributed by atoms with Crippen LogP contribution in [0.15, 0.2) is 0 Å². The average molecular weight is 263 g/mol. The minimum atomic E-state index is -1.19.